The van der Waals surface area contributed by atoms with Crippen LogP contribution in [0.3, 0.4) is 0 Å². The van der Waals surface area contributed by atoms with E-state index in [0.29, 0.717) is 18.0 Å². The van der Waals surface area contributed by atoms with E-state index in [0.717, 1.165) is 0 Å². The van der Waals surface area contributed by atoms with Crippen molar-refractivity contribution in [2.45, 2.75) is 46.1 Å². The third-order valence-electron chi connectivity index (χ3n) is 3.15. The first-order valence-corrected chi connectivity index (χ1v) is 7.20. The van der Waals surface area contributed by atoms with Gasteiger partial charge >= 0.3 is 12.0 Å². The lowest BCUT2D eigenvalue weighted by Crippen LogP contribution is -2.43. The van der Waals surface area contributed by atoms with Crippen molar-refractivity contribution < 1.29 is 14.7 Å². The Balaban J connectivity index is 2.61. The van der Waals surface area contributed by atoms with E-state index < -0.39 is 18.0 Å². The highest BCUT2D eigenvalue weighted by atomic mass is 16.4. The van der Waals surface area contributed by atoms with E-state index >= 15 is 0 Å². The average Bonchev–Trinajstić information content (AvgIpc) is 2.37. The molecule has 1 unspecified atom stereocenters. The molecule has 0 aliphatic carbocycles. The van der Waals surface area contributed by atoms with Gasteiger partial charge < -0.3 is 15.7 Å². The number of benzene rings is 1. The monoisotopic (exact) mass is 292 g/mol. The fourth-order valence-electron chi connectivity index (χ4n) is 1.97. The van der Waals surface area contributed by atoms with Crippen LogP contribution >= 0.6 is 0 Å². The Hall–Kier alpha value is -2.04. The van der Waals surface area contributed by atoms with Crippen LogP contribution in [0, 0.1) is 5.92 Å². The van der Waals surface area contributed by atoms with Gasteiger partial charge in [-0.15, -0.1) is 0 Å². The summed E-state index contributed by atoms with van der Waals surface area (Å²) in [7, 11) is 0. The SMILES string of the molecule is CC(C)CC(NC(=O)Nc1ccc(C(C)C)cc1)C(=O)O. The van der Waals surface area contributed by atoms with Crippen molar-refractivity contribution in [1.29, 1.82) is 0 Å². The number of hydrogen-bond acceptors (Lipinski definition) is 2. The third kappa shape index (κ3) is 5.85. The van der Waals surface area contributed by atoms with Gasteiger partial charge in [-0.05, 0) is 36.0 Å². The number of carboxylic acids is 1. The van der Waals surface area contributed by atoms with Crippen LogP contribution in [-0.4, -0.2) is 23.1 Å². The molecule has 1 aromatic carbocycles. The van der Waals surface area contributed by atoms with Gasteiger partial charge in [0.25, 0.3) is 0 Å². The number of aliphatic carboxylic acids is 1. The largest absolute Gasteiger partial charge is 0.480 e. The first kappa shape index (κ1) is 17.0. The normalized spacial score (nSPS) is 12.3. The number of hydrogen-bond donors (Lipinski definition) is 3. The summed E-state index contributed by atoms with van der Waals surface area (Å²) in [5.41, 5.74) is 1.83. The molecule has 2 amide bonds. The molecule has 5 nitrogen and oxygen atoms in total. The second-order valence-electron chi connectivity index (χ2n) is 5.90. The number of urea groups is 1. The molecule has 0 aliphatic heterocycles. The quantitative estimate of drug-likeness (QED) is 0.751. The molecular weight excluding hydrogens is 268 g/mol. The van der Waals surface area contributed by atoms with Crippen molar-refractivity contribution in [2.75, 3.05) is 5.32 Å². The Labute approximate surface area is 125 Å². The minimum atomic E-state index is -1.02. The number of carboxylic acid groups (broad SMARTS) is 1. The molecule has 5 heteroatoms. The van der Waals surface area contributed by atoms with Crippen molar-refractivity contribution in [2.24, 2.45) is 5.92 Å². The number of carbonyl (C=O) groups is 2. The van der Waals surface area contributed by atoms with Crippen LogP contribution in [0.1, 0.15) is 45.6 Å². The number of carbonyl (C=O) groups excluding carboxylic acids is 1. The summed E-state index contributed by atoms with van der Waals surface area (Å²) >= 11 is 0. The van der Waals surface area contributed by atoms with Crippen LogP contribution in [-0.2, 0) is 4.79 Å². The van der Waals surface area contributed by atoms with Gasteiger partial charge in [-0.3, -0.25) is 0 Å². The van der Waals surface area contributed by atoms with Gasteiger partial charge in [0.15, 0.2) is 0 Å². The molecule has 0 aliphatic rings. The lowest BCUT2D eigenvalue weighted by Gasteiger charge is -2.17. The fourth-order valence-corrected chi connectivity index (χ4v) is 1.97. The third-order valence-corrected chi connectivity index (χ3v) is 3.15. The first-order chi connectivity index (χ1) is 9.79. The van der Waals surface area contributed by atoms with E-state index in [-0.39, 0.29) is 5.92 Å². The number of nitrogens with one attached hydrogen (secondary N) is 2. The van der Waals surface area contributed by atoms with Crippen LogP contribution in [0.25, 0.3) is 0 Å². The molecule has 0 saturated carbocycles. The molecule has 1 aromatic rings. The van der Waals surface area contributed by atoms with Crippen LogP contribution in [0.5, 0.6) is 0 Å². The molecule has 0 heterocycles. The molecule has 1 atom stereocenters. The van der Waals surface area contributed by atoms with Crippen molar-refractivity contribution in [3.05, 3.63) is 29.8 Å². The Morgan fingerprint density at radius 3 is 2.10 bits per heavy atom. The predicted octanol–water partition coefficient (Wildman–Crippen LogP) is 3.43. The van der Waals surface area contributed by atoms with Gasteiger partial charge in [0, 0.05) is 5.69 Å². The molecule has 0 bridgehead atoms. The maximum atomic E-state index is 11.8. The summed E-state index contributed by atoms with van der Waals surface area (Å²) in [6, 6.07) is 6.15. The molecule has 3 N–H and O–H groups in total. The first-order valence-electron chi connectivity index (χ1n) is 7.20. The Bertz CT molecular complexity index is 481. The second kappa shape index (κ2) is 7.67. The van der Waals surface area contributed by atoms with Crippen LogP contribution < -0.4 is 10.6 Å². The van der Waals surface area contributed by atoms with Gasteiger partial charge in [0.1, 0.15) is 6.04 Å². The van der Waals surface area contributed by atoms with Crippen LogP contribution in [0.15, 0.2) is 24.3 Å². The Kier molecular flexibility index (Phi) is 6.21. The molecule has 21 heavy (non-hydrogen) atoms. The second-order valence-corrected chi connectivity index (χ2v) is 5.90. The maximum Gasteiger partial charge on any atom is 0.326 e. The molecule has 0 radical (unpaired) electrons. The standard InChI is InChI=1S/C16H24N2O3/c1-10(2)9-14(15(19)20)18-16(21)17-13-7-5-12(6-8-13)11(3)4/h5-8,10-11,14H,9H2,1-4H3,(H,19,20)(H2,17,18,21). The minimum Gasteiger partial charge on any atom is -0.480 e. The lowest BCUT2D eigenvalue weighted by atomic mass is 10.0. The Morgan fingerprint density at radius 2 is 1.67 bits per heavy atom. The summed E-state index contributed by atoms with van der Waals surface area (Å²) in [6.45, 7) is 8.03. The molecule has 116 valence electrons. The Morgan fingerprint density at radius 1 is 1.10 bits per heavy atom. The molecule has 0 aromatic heterocycles. The summed E-state index contributed by atoms with van der Waals surface area (Å²) in [6.07, 6.45) is 0.398. The zero-order valence-corrected chi connectivity index (χ0v) is 13.0. The van der Waals surface area contributed by atoms with Crippen molar-refractivity contribution in [3.8, 4) is 0 Å². The molecule has 0 fully saturated rings. The minimum absolute atomic E-state index is 0.191. The highest BCUT2D eigenvalue weighted by Gasteiger charge is 2.20. The van der Waals surface area contributed by atoms with Crippen molar-refractivity contribution in [1.82, 2.24) is 5.32 Å². The summed E-state index contributed by atoms with van der Waals surface area (Å²) in [5, 5.41) is 14.2. The molecule has 0 spiro atoms. The van der Waals surface area contributed by atoms with E-state index in [9.17, 15) is 9.59 Å². The van der Waals surface area contributed by atoms with Gasteiger partial charge in [-0.2, -0.15) is 0 Å². The maximum absolute atomic E-state index is 11.8. The number of amides is 2. The highest BCUT2D eigenvalue weighted by Crippen LogP contribution is 2.17. The van der Waals surface area contributed by atoms with Crippen molar-refractivity contribution >= 4 is 17.7 Å². The lowest BCUT2D eigenvalue weighted by molar-refractivity contribution is -0.139. The number of rotatable bonds is 6. The van der Waals surface area contributed by atoms with E-state index in [1.165, 1.54) is 5.56 Å². The topological polar surface area (TPSA) is 78.4 Å². The molecule has 1 rings (SSSR count). The van der Waals surface area contributed by atoms with Gasteiger partial charge in [0.05, 0.1) is 0 Å². The summed E-state index contributed by atoms with van der Waals surface area (Å²) < 4.78 is 0. The smallest absolute Gasteiger partial charge is 0.326 e. The van der Waals surface area contributed by atoms with Crippen molar-refractivity contribution in [3.63, 3.8) is 0 Å². The average molecular weight is 292 g/mol. The summed E-state index contributed by atoms with van der Waals surface area (Å²) in [5.74, 6) is -0.402. The van der Waals surface area contributed by atoms with E-state index in [1.807, 2.05) is 38.1 Å². The van der Waals surface area contributed by atoms with E-state index in [4.69, 9.17) is 5.11 Å². The van der Waals surface area contributed by atoms with E-state index in [2.05, 4.69) is 24.5 Å². The molecule has 0 saturated heterocycles. The van der Waals surface area contributed by atoms with Gasteiger partial charge in [-0.25, -0.2) is 9.59 Å². The van der Waals surface area contributed by atoms with Crippen LogP contribution in [0.4, 0.5) is 10.5 Å². The van der Waals surface area contributed by atoms with E-state index in [1.54, 1.807) is 0 Å². The number of anilines is 1. The zero-order chi connectivity index (χ0) is 16.0. The zero-order valence-electron chi connectivity index (χ0n) is 13.0. The predicted molar refractivity (Wildman–Crippen MR) is 83.6 cm³/mol. The fraction of sp³-hybridized carbons (Fsp3) is 0.500. The van der Waals surface area contributed by atoms with Gasteiger partial charge in [-0.1, -0.05) is 39.8 Å². The van der Waals surface area contributed by atoms with Crippen LogP contribution in [0.2, 0.25) is 0 Å². The summed E-state index contributed by atoms with van der Waals surface area (Å²) in [4.78, 5) is 22.9. The molecular formula is C16H24N2O3. The van der Waals surface area contributed by atoms with Gasteiger partial charge in [0.2, 0.25) is 0 Å². The highest BCUT2D eigenvalue weighted by molar-refractivity contribution is 5.92.